The Balaban J connectivity index is 1.66. The summed E-state index contributed by atoms with van der Waals surface area (Å²) in [5.74, 6) is 0. The predicted octanol–water partition coefficient (Wildman–Crippen LogP) is -5.86. The van der Waals surface area contributed by atoms with Crippen LogP contribution in [0.4, 0.5) is 0 Å². The van der Waals surface area contributed by atoms with E-state index in [0.29, 0.717) is 0 Å². The van der Waals surface area contributed by atoms with E-state index in [0.717, 1.165) is 0 Å². The first-order valence-corrected chi connectivity index (χ1v) is 9.26. The van der Waals surface area contributed by atoms with E-state index in [1.807, 2.05) is 0 Å². The molecule has 0 amide bonds. The van der Waals surface area contributed by atoms with Gasteiger partial charge in [0.15, 0.2) is 25.0 Å². The highest BCUT2D eigenvalue weighted by molar-refractivity contribution is 4.91. The largest absolute Gasteiger partial charge is 0.394 e. The molecule has 31 heavy (non-hydrogen) atoms. The van der Waals surface area contributed by atoms with E-state index in [-0.39, 0.29) is 0 Å². The molecule has 3 aliphatic heterocycles. The minimum atomic E-state index is -1.86. The van der Waals surface area contributed by atoms with Gasteiger partial charge in [0.25, 0.3) is 0 Å². The molecule has 3 aliphatic rings. The summed E-state index contributed by atoms with van der Waals surface area (Å²) in [5, 5.41) is 77.7. The van der Waals surface area contributed by atoms with Crippen molar-refractivity contribution in [2.75, 3.05) is 19.8 Å². The van der Waals surface area contributed by atoms with Crippen LogP contribution in [0.3, 0.4) is 0 Å². The van der Waals surface area contributed by atoms with Crippen LogP contribution in [0.5, 0.6) is 0 Å². The van der Waals surface area contributed by atoms with Crippen LogP contribution in [-0.4, -0.2) is 135 Å². The molecule has 3 fully saturated rings. The topological polar surface area (TPSA) is 236 Å². The quantitative estimate of drug-likeness (QED) is 0.164. The molecule has 8 N–H and O–H groups in total. The van der Waals surface area contributed by atoms with E-state index in [2.05, 4.69) is 9.78 Å². The van der Waals surface area contributed by atoms with Gasteiger partial charge in [0.05, 0.1) is 19.8 Å². The average molecular weight is 462 g/mol. The van der Waals surface area contributed by atoms with Crippen LogP contribution >= 0.6 is 0 Å². The Bertz CT molecular complexity index is 551. The Morgan fingerprint density at radius 2 is 1.19 bits per heavy atom. The summed E-state index contributed by atoms with van der Waals surface area (Å²) in [6.07, 6.45) is -17.1. The minimum Gasteiger partial charge on any atom is -0.394 e. The van der Waals surface area contributed by atoms with Crippen molar-refractivity contribution in [2.24, 2.45) is 0 Å². The normalized spacial score (nSPS) is 49.2. The second-order valence-electron chi connectivity index (χ2n) is 6.81. The Labute approximate surface area is 174 Å². The monoisotopic (exact) mass is 462 g/mol. The fourth-order valence-electron chi connectivity index (χ4n) is 3.08. The molecule has 0 aromatic heterocycles. The molecule has 0 aromatic carbocycles. The average Bonchev–Trinajstić information content (AvgIpc) is 2.75. The second-order valence-corrected chi connectivity index (χ2v) is 6.81. The van der Waals surface area contributed by atoms with Gasteiger partial charge in [-0.1, -0.05) is 0 Å². The summed E-state index contributed by atoms with van der Waals surface area (Å²) in [7, 11) is 0. The molecule has 12 atom stereocenters. The van der Waals surface area contributed by atoms with Crippen molar-refractivity contribution in [3.05, 3.63) is 0 Å². The van der Waals surface area contributed by atoms with Gasteiger partial charge in [-0.2, -0.15) is 4.89 Å². The lowest BCUT2D eigenvalue weighted by Gasteiger charge is -2.45. The van der Waals surface area contributed by atoms with E-state index >= 15 is 0 Å². The van der Waals surface area contributed by atoms with Gasteiger partial charge in [0.1, 0.15) is 30.5 Å². The molecule has 182 valence electrons. The molecule has 3 heterocycles. The third-order valence-electron chi connectivity index (χ3n) is 4.69. The fourth-order valence-corrected chi connectivity index (χ4v) is 3.08. The van der Waals surface area contributed by atoms with E-state index in [9.17, 15) is 40.9 Å². The zero-order valence-corrected chi connectivity index (χ0v) is 15.9. The Kier molecular flexibility index (Phi) is 8.86. The number of ether oxygens (including phenoxy) is 6. The summed E-state index contributed by atoms with van der Waals surface area (Å²) < 4.78 is 30.9. The van der Waals surface area contributed by atoms with Gasteiger partial charge >= 0.3 is 6.48 Å². The summed E-state index contributed by atoms with van der Waals surface area (Å²) in [4.78, 5) is 8.97. The summed E-state index contributed by atoms with van der Waals surface area (Å²) in [5.41, 5.74) is 0. The van der Waals surface area contributed by atoms with E-state index < -0.39 is 94.4 Å². The molecular formula is C15H26O16. The van der Waals surface area contributed by atoms with E-state index in [1.165, 1.54) is 0 Å². The number of rotatable bonds is 7. The summed E-state index contributed by atoms with van der Waals surface area (Å²) in [6.45, 7) is -3.94. The molecule has 3 rings (SSSR count). The zero-order chi connectivity index (χ0) is 22.7. The Morgan fingerprint density at radius 1 is 0.548 bits per heavy atom. The van der Waals surface area contributed by atoms with Crippen LogP contribution in [0.2, 0.25) is 0 Å². The van der Waals surface area contributed by atoms with Gasteiger partial charge < -0.3 is 64.5 Å². The third-order valence-corrected chi connectivity index (χ3v) is 4.69. The lowest BCUT2D eigenvalue weighted by molar-refractivity contribution is -0.538. The minimum absolute atomic E-state index is 0.660. The highest BCUT2D eigenvalue weighted by Gasteiger charge is 2.50. The van der Waals surface area contributed by atoms with Crippen LogP contribution in [0.15, 0.2) is 0 Å². The third kappa shape index (κ3) is 5.65. The summed E-state index contributed by atoms with van der Waals surface area (Å²) in [6, 6.07) is 0. The SMILES string of the molecule is OCC1OO[C@@H](O)O[C@@H]1O[C@H]1OC(CO)[C@@H](O[C@H]2OC(CO)[C@@H](O)OC2O)C(O)C1O. The lowest BCUT2D eigenvalue weighted by Crippen LogP contribution is -2.63. The molecule has 0 saturated carbocycles. The van der Waals surface area contributed by atoms with Crippen LogP contribution < -0.4 is 0 Å². The molecule has 3 saturated heterocycles. The molecule has 0 spiro atoms. The van der Waals surface area contributed by atoms with Gasteiger partial charge in [-0.15, -0.1) is 0 Å². The van der Waals surface area contributed by atoms with Gasteiger partial charge in [0, 0.05) is 0 Å². The van der Waals surface area contributed by atoms with Crippen molar-refractivity contribution in [3.63, 3.8) is 0 Å². The number of aliphatic hydroxyl groups is 8. The maximum absolute atomic E-state index is 10.5. The van der Waals surface area contributed by atoms with Crippen molar-refractivity contribution in [3.8, 4) is 0 Å². The smallest absolute Gasteiger partial charge is 0.301 e. The zero-order valence-electron chi connectivity index (χ0n) is 15.9. The summed E-state index contributed by atoms with van der Waals surface area (Å²) >= 11 is 0. The van der Waals surface area contributed by atoms with Gasteiger partial charge in [-0.05, 0) is 0 Å². The molecule has 6 unspecified atom stereocenters. The van der Waals surface area contributed by atoms with Crippen molar-refractivity contribution < 1.29 is 79.0 Å². The maximum Gasteiger partial charge on any atom is 0.301 e. The van der Waals surface area contributed by atoms with Crippen molar-refractivity contribution >= 4 is 0 Å². The number of hydrogen-bond acceptors (Lipinski definition) is 16. The van der Waals surface area contributed by atoms with Crippen molar-refractivity contribution in [2.45, 2.75) is 74.6 Å². The number of hydrogen-bond donors (Lipinski definition) is 8. The lowest BCUT2D eigenvalue weighted by atomic mass is 9.99. The molecule has 16 heteroatoms. The Hall–Kier alpha value is -0.640. The molecule has 0 aliphatic carbocycles. The van der Waals surface area contributed by atoms with Crippen LogP contribution in [0.25, 0.3) is 0 Å². The fraction of sp³-hybridized carbons (Fsp3) is 1.00. The maximum atomic E-state index is 10.5. The molecule has 16 nitrogen and oxygen atoms in total. The molecular weight excluding hydrogens is 436 g/mol. The first kappa shape index (κ1) is 25.0. The van der Waals surface area contributed by atoms with Gasteiger partial charge in [-0.3, -0.25) is 4.74 Å². The van der Waals surface area contributed by atoms with Gasteiger partial charge in [-0.25, -0.2) is 4.89 Å². The predicted molar refractivity (Wildman–Crippen MR) is 86.5 cm³/mol. The number of aliphatic hydroxyl groups excluding tert-OH is 8. The molecule has 0 bridgehead atoms. The van der Waals surface area contributed by atoms with Crippen molar-refractivity contribution in [1.29, 1.82) is 0 Å². The highest BCUT2D eigenvalue weighted by atomic mass is 17.3. The van der Waals surface area contributed by atoms with Crippen LogP contribution in [0.1, 0.15) is 0 Å². The first-order valence-electron chi connectivity index (χ1n) is 9.26. The Morgan fingerprint density at radius 3 is 1.84 bits per heavy atom. The standard InChI is InChI=1S/C15H26O16/c16-1-4-9(26-14-11(22)27-10(21)5(2-17)25-14)7(19)8(20)13(24-4)28-12-6(3-18)30-31-15(23)29-12/h4-23H,1-3H2/t4?,5?,6?,7?,8?,9-,10+,11?,12+,13-,14-,15+/m1/s1. The van der Waals surface area contributed by atoms with Crippen LogP contribution in [-0.2, 0) is 38.2 Å². The van der Waals surface area contributed by atoms with E-state index in [4.69, 9.17) is 28.4 Å². The second kappa shape index (κ2) is 11.0. The molecule has 0 radical (unpaired) electrons. The molecule has 0 aromatic rings. The van der Waals surface area contributed by atoms with Crippen LogP contribution in [0, 0.1) is 0 Å². The van der Waals surface area contributed by atoms with Crippen molar-refractivity contribution in [1.82, 2.24) is 0 Å². The highest BCUT2D eigenvalue weighted by Crippen LogP contribution is 2.30. The van der Waals surface area contributed by atoms with E-state index in [1.54, 1.807) is 0 Å². The van der Waals surface area contributed by atoms with Gasteiger partial charge in [0.2, 0.25) is 12.6 Å². The first-order chi connectivity index (χ1) is 14.8.